The minimum atomic E-state index is -0.0210. The van der Waals surface area contributed by atoms with Gasteiger partial charge in [-0.25, -0.2) is 4.98 Å². The molecule has 124 valence electrons. The number of fused-ring (bicyclic) bond motifs is 1. The molecule has 0 atom stereocenters. The summed E-state index contributed by atoms with van der Waals surface area (Å²) < 4.78 is 5.29. The van der Waals surface area contributed by atoms with E-state index >= 15 is 0 Å². The second-order valence-electron chi connectivity index (χ2n) is 5.77. The van der Waals surface area contributed by atoms with Gasteiger partial charge in [-0.15, -0.1) is 0 Å². The second kappa shape index (κ2) is 7.23. The summed E-state index contributed by atoms with van der Waals surface area (Å²) in [6, 6.07) is 7.60. The highest BCUT2D eigenvalue weighted by Crippen LogP contribution is 2.23. The SMILES string of the molecule is N=CC(=CN)c1ccc2cnc(NC(=O)C3CCOCC3)cc2c1. The maximum atomic E-state index is 12.3. The smallest absolute Gasteiger partial charge is 0.228 e. The van der Waals surface area contributed by atoms with Gasteiger partial charge in [0.05, 0.1) is 0 Å². The Hall–Kier alpha value is -2.73. The molecule has 2 heterocycles. The highest BCUT2D eigenvalue weighted by molar-refractivity contribution is 6.09. The van der Waals surface area contributed by atoms with Crippen molar-refractivity contribution in [2.45, 2.75) is 12.8 Å². The number of aromatic nitrogens is 1. The average molecular weight is 324 g/mol. The van der Waals surface area contributed by atoms with Crippen LogP contribution in [0.4, 0.5) is 5.82 Å². The number of carbonyl (C=O) groups excluding carboxylic acids is 1. The molecule has 1 aromatic carbocycles. The van der Waals surface area contributed by atoms with E-state index in [1.165, 1.54) is 12.4 Å². The molecule has 2 aromatic rings. The normalized spacial score (nSPS) is 16.1. The lowest BCUT2D eigenvalue weighted by Crippen LogP contribution is -2.28. The van der Waals surface area contributed by atoms with Crippen molar-refractivity contribution in [2.75, 3.05) is 18.5 Å². The van der Waals surface area contributed by atoms with Crippen LogP contribution >= 0.6 is 0 Å². The number of allylic oxidation sites excluding steroid dienone is 1. The number of hydrogen-bond donors (Lipinski definition) is 3. The van der Waals surface area contributed by atoms with E-state index in [2.05, 4.69) is 10.3 Å². The van der Waals surface area contributed by atoms with Gasteiger partial charge in [0.25, 0.3) is 0 Å². The Bertz CT molecular complexity index is 795. The van der Waals surface area contributed by atoms with Crippen molar-refractivity contribution in [1.82, 2.24) is 4.98 Å². The van der Waals surface area contributed by atoms with Crippen molar-refractivity contribution in [3.63, 3.8) is 0 Å². The first-order valence-electron chi connectivity index (χ1n) is 7.92. The molecule has 1 aliphatic rings. The van der Waals surface area contributed by atoms with Gasteiger partial charge in [0, 0.05) is 48.7 Å². The third-order valence-electron chi connectivity index (χ3n) is 4.23. The van der Waals surface area contributed by atoms with Gasteiger partial charge in [0.1, 0.15) is 5.82 Å². The van der Waals surface area contributed by atoms with Crippen LogP contribution in [-0.4, -0.2) is 30.3 Å². The summed E-state index contributed by atoms with van der Waals surface area (Å²) in [6.07, 6.45) is 5.84. The quantitative estimate of drug-likeness (QED) is 0.752. The van der Waals surface area contributed by atoms with Crippen molar-refractivity contribution < 1.29 is 9.53 Å². The fourth-order valence-corrected chi connectivity index (χ4v) is 2.80. The number of pyridine rings is 1. The Morgan fingerprint density at radius 2 is 2.08 bits per heavy atom. The molecule has 1 amide bonds. The summed E-state index contributed by atoms with van der Waals surface area (Å²) in [6.45, 7) is 1.26. The molecule has 0 spiro atoms. The second-order valence-corrected chi connectivity index (χ2v) is 5.77. The standard InChI is InChI=1S/C18H20N4O2/c19-9-16(10-20)13-1-2-14-11-21-17(8-15(14)7-13)22-18(23)12-3-5-24-6-4-12/h1-2,7-12,19H,3-6,20H2,(H,21,22,23). The third-order valence-corrected chi connectivity index (χ3v) is 4.23. The van der Waals surface area contributed by atoms with Crippen LogP contribution in [0.25, 0.3) is 16.3 Å². The van der Waals surface area contributed by atoms with Crippen molar-refractivity contribution in [1.29, 1.82) is 5.41 Å². The Labute approximate surface area is 140 Å². The van der Waals surface area contributed by atoms with E-state index in [0.717, 1.165) is 29.2 Å². The molecule has 4 N–H and O–H groups in total. The summed E-state index contributed by atoms with van der Waals surface area (Å²) in [5.74, 6) is 0.500. The summed E-state index contributed by atoms with van der Waals surface area (Å²) >= 11 is 0. The zero-order valence-corrected chi connectivity index (χ0v) is 13.3. The monoisotopic (exact) mass is 324 g/mol. The summed E-state index contributed by atoms with van der Waals surface area (Å²) in [4.78, 5) is 16.6. The molecule has 1 aliphatic heterocycles. The molecule has 6 nitrogen and oxygen atoms in total. The van der Waals surface area contributed by atoms with E-state index < -0.39 is 0 Å². The molecular weight excluding hydrogens is 304 g/mol. The van der Waals surface area contributed by atoms with E-state index in [0.29, 0.717) is 24.6 Å². The van der Waals surface area contributed by atoms with Crippen LogP contribution in [0.3, 0.4) is 0 Å². The van der Waals surface area contributed by atoms with E-state index in [-0.39, 0.29) is 11.8 Å². The molecule has 6 heteroatoms. The molecule has 3 rings (SSSR count). The first-order valence-corrected chi connectivity index (χ1v) is 7.92. The predicted octanol–water partition coefficient (Wildman–Crippen LogP) is 2.55. The van der Waals surface area contributed by atoms with Gasteiger partial charge in [-0.05, 0) is 35.9 Å². The number of rotatable bonds is 4. The van der Waals surface area contributed by atoms with Crippen molar-refractivity contribution >= 4 is 34.3 Å². The number of nitrogens with one attached hydrogen (secondary N) is 2. The van der Waals surface area contributed by atoms with E-state index in [4.69, 9.17) is 15.9 Å². The first-order chi connectivity index (χ1) is 11.7. The van der Waals surface area contributed by atoms with Crippen LogP contribution in [0, 0.1) is 11.3 Å². The Balaban J connectivity index is 1.84. The topological polar surface area (TPSA) is 101 Å². The molecule has 0 aliphatic carbocycles. The zero-order valence-electron chi connectivity index (χ0n) is 13.3. The number of nitrogens with zero attached hydrogens (tertiary/aromatic N) is 1. The molecule has 1 aromatic heterocycles. The number of amides is 1. The fraction of sp³-hybridized carbons (Fsp3) is 0.278. The van der Waals surface area contributed by atoms with Crippen molar-refractivity contribution in [3.8, 4) is 0 Å². The molecule has 0 bridgehead atoms. The minimum absolute atomic E-state index is 0.0108. The zero-order chi connectivity index (χ0) is 16.9. The van der Waals surface area contributed by atoms with Gasteiger partial charge in [-0.2, -0.15) is 0 Å². The number of hydrogen-bond acceptors (Lipinski definition) is 5. The van der Waals surface area contributed by atoms with Gasteiger partial charge in [0.15, 0.2) is 0 Å². The Kier molecular flexibility index (Phi) is 4.86. The molecule has 0 saturated carbocycles. The number of benzene rings is 1. The number of ether oxygens (including phenoxy) is 1. The van der Waals surface area contributed by atoms with E-state index in [9.17, 15) is 4.79 Å². The number of carbonyl (C=O) groups is 1. The highest BCUT2D eigenvalue weighted by Gasteiger charge is 2.21. The van der Waals surface area contributed by atoms with Crippen LogP contribution in [0.15, 0.2) is 36.7 Å². The maximum absolute atomic E-state index is 12.3. The predicted molar refractivity (Wildman–Crippen MR) is 94.9 cm³/mol. The fourth-order valence-electron chi connectivity index (χ4n) is 2.80. The summed E-state index contributed by atoms with van der Waals surface area (Å²) in [5, 5.41) is 12.2. The minimum Gasteiger partial charge on any atom is -0.404 e. The molecule has 0 radical (unpaired) electrons. The van der Waals surface area contributed by atoms with Crippen molar-refractivity contribution in [2.24, 2.45) is 11.7 Å². The number of anilines is 1. The van der Waals surface area contributed by atoms with Gasteiger partial charge in [-0.1, -0.05) is 12.1 Å². The summed E-state index contributed by atoms with van der Waals surface area (Å²) in [5.41, 5.74) is 7.04. The molecule has 24 heavy (non-hydrogen) atoms. The van der Waals surface area contributed by atoms with Gasteiger partial charge in [0.2, 0.25) is 5.91 Å². The lowest BCUT2D eigenvalue weighted by atomic mass is 9.99. The lowest BCUT2D eigenvalue weighted by Gasteiger charge is -2.21. The summed E-state index contributed by atoms with van der Waals surface area (Å²) in [7, 11) is 0. The van der Waals surface area contributed by atoms with Crippen LogP contribution in [0.2, 0.25) is 0 Å². The Morgan fingerprint density at radius 1 is 1.29 bits per heavy atom. The van der Waals surface area contributed by atoms with Gasteiger partial charge in [-0.3, -0.25) is 4.79 Å². The van der Waals surface area contributed by atoms with E-state index in [1.807, 2.05) is 24.3 Å². The number of nitrogens with two attached hydrogens (primary N) is 1. The molecular formula is C18H20N4O2. The molecule has 0 unspecified atom stereocenters. The molecule has 1 fully saturated rings. The first kappa shape index (κ1) is 16.1. The third kappa shape index (κ3) is 3.44. The van der Waals surface area contributed by atoms with Gasteiger partial charge < -0.3 is 21.2 Å². The lowest BCUT2D eigenvalue weighted by molar-refractivity contribution is -0.122. The van der Waals surface area contributed by atoms with Gasteiger partial charge >= 0.3 is 0 Å². The average Bonchev–Trinajstić information content (AvgIpc) is 2.63. The highest BCUT2D eigenvalue weighted by atomic mass is 16.5. The van der Waals surface area contributed by atoms with Crippen LogP contribution < -0.4 is 11.1 Å². The van der Waals surface area contributed by atoms with E-state index in [1.54, 1.807) is 6.20 Å². The van der Waals surface area contributed by atoms with Crippen LogP contribution in [0.1, 0.15) is 18.4 Å². The Morgan fingerprint density at radius 3 is 2.79 bits per heavy atom. The van der Waals surface area contributed by atoms with Crippen molar-refractivity contribution in [3.05, 3.63) is 42.2 Å². The molecule has 1 saturated heterocycles. The largest absolute Gasteiger partial charge is 0.404 e. The van der Waals surface area contributed by atoms with Crippen LogP contribution in [0.5, 0.6) is 0 Å². The maximum Gasteiger partial charge on any atom is 0.228 e. The van der Waals surface area contributed by atoms with Crippen LogP contribution in [-0.2, 0) is 9.53 Å².